The van der Waals surface area contributed by atoms with E-state index < -0.39 is 59.9 Å². The number of hydrogen-bond donors (Lipinski definition) is 3. The number of fused-ring (bicyclic) bond motifs is 1. The molecule has 1 aliphatic heterocycles. The van der Waals surface area contributed by atoms with E-state index in [0.717, 1.165) is 18.2 Å². The van der Waals surface area contributed by atoms with E-state index in [1.54, 1.807) is 0 Å². The maximum atomic E-state index is 15.0. The second kappa shape index (κ2) is 12.4. The highest BCUT2D eigenvalue weighted by Crippen LogP contribution is 2.38. The predicted octanol–water partition coefficient (Wildman–Crippen LogP) is 4.34. The number of nitrogens with zero attached hydrogens (tertiary/aromatic N) is 2. The van der Waals surface area contributed by atoms with Crippen molar-refractivity contribution in [3.63, 3.8) is 0 Å². The Balaban J connectivity index is 1.72. The van der Waals surface area contributed by atoms with Crippen LogP contribution in [-0.2, 0) is 16.2 Å². The van der Waals surface area contributed by atoms with Crippen LogP contribution < -0.4 is 14.8 Å². The smallest absolute Gasteiger partial charge is 0.280 e. The molecule has 0 saturated heterocycles. The molecular weight excluding hydrogens is 642 g/mol. The first-order chi connectivity index (χ1) is 18.7. The Kier molecular flexibility index (Phi) is 8.93. The van der Waals surface area contributed by atoms with E-state index >= 15 is 4.39 Å². The molecule has 15 heteroatoms. The summed E-state index contributed by atoms with van der Waals surface area (Å²) < 4.78 is 60.4. The number of benzene rings is 3. The number of nitro groups is 1. The second-order valence-electron chi connectivity index (χ2n) is 7.94. The zero-order valence-electron chi connectivity index (χ0n) is 19.7. The second-order valence-corrected chi connectivity index (χ2v) is 9.19. The summed E-state index contributed by atoms with van der Waals surface area (Å²) in [6.45, 7) is -1.82. The van der Waals surface area contributed by atoms with Crippen LogP contribution in [0.15, 0.2) is 47.6 Å². The normalized spacial score (nSPS) is 13.2. The standard InChI is InChI=1S/C24H19F3IN3O8/c25-16-3-2-15(23(22(16)27)29-18-4-1-13(28)6-17(18)26)24(30-39-10-14(33)8-32)36-9-12-5-20-21(38-11-37-20)7-19(12)31(34)35/h1-7,14,29,32-33H,8-11H2/b30-24-/t14-/m1/s1. The van der Waals surface area contributed by atoms with Crippen molar-refractivity contribution in [2.75, 3.05) is 25.3 Å². The Morgan fingerprint density at radius 2 is 1.90 bits per heavy atom. The third-order valence-corrected chi connectivity index (χ3v) is 5.95. The van der Waals surface area contributed by atoms with Gasteiger partial charge in [0, 0.05) is 3.57 Å². The average Bonchev–Trinajstić information content (AvgIpc) is 3.37. The molecule has 39 heavy (non-hydrogen) atoms. The van der Waals surface area contributed by atoms with Crippen LogP contribution in [0.1, 0.15) is 11.1 Å². The molecule has 11 nitrogen and oxygen atoms in total. The molecule has 0 unspecified atom stereocenters. The Labute approximate surface area is 232 Å². The largest absolute Gasteiger partial charge is 0.470 e. The maximum absolute atomic E-state index is 15.0. The molecule has 0 amide bonds. The molecule has 1 atom stereocenters. The fourth-order valence-corrected chi connectivity index (χ4v) is 3.82. The number of oxime groups is 1. The minimum absolute atomic E-state index is 0.0214. The first-order valence-electron chi connectivity index (χ1n) is 11.1. The van der Waals surface area contributed by atoms with Crippen LogP contribution in [0, 0.1) is 31.1 Å². The lowest BCUT2D eigenvalue weighted by Gasteiger charge is -2.17. The van der Waals surface area contributed by atoms with Crippen LogP contribution >= 0.6 is 22.6 Å². The zero-order valence-corrected chi connectivity index (χ0v) is 21.9. The van der Waals surface area contributed by atoms with Crippen LogP contribution in [-0.4, -0.2) is 47.1 Å². The Morgan fingerprint density at radius 3 is 2.59 bits per heavy atom. The van der Waals surface area contributed by atoms with Crippen molar-refractivity contribution in [2.45, 2.75) is 12.7 Å². The molecule has 1 heterocycles. The molecule has 1 aliphatic rings. The third-order valence-electron chi connectivity index (χ3n) is 5.28. The van der Waals surface area contributed by atoms with Gasteiger partial charge in [-0.2, -0.15) is 0 Å². The summed E-state index contributed by atoms with van der Waals surface area (Å²) in [5, 5.41) is 36.4. The van der Waals surface area contributed by atoms with Crippen molar-refractivity contribution in [2.24, 2.45) is 5.16 Å². The van der Waals surface area contributed by atoms with E-state index in [1.165, 1.54) is 24.3 Å². The topological polar surface area (TPSA) is 145 Å². The van der Waals surface area contributed by atoms with E-state index in [2.05, 4.69) is 10.5 Å². The van der Waals surface area contributed by atoms with Gasteiger partial charge < -0.3 is 34.6 Å². The van der Waals surface area contributed by atoms with Crippen molar-refractivity contribution >= 4 is 45.6 Å². The van der Waals surface area contributed by atoms with Crippen molar-refractivity contribution in [3.8, 4) is 11.5 Å². The first kappa shape index (κ1) is 28.2. The number of ether oxygens (including phenoxy) is 3. The van der Waals surface area contributed by atoms with E-state index in [1.807, 2.05) is 22.6 Å². The van der Waals surface area contributed by atoms with Crippen LogP contribution in [0.3, 0.4) is 0 Å². The van der Waals surface area contributed by atoms with Crippen LogP contribution in [0.4, 0.5) is 30.2 Å². The number of nitro benzene ring substituents is 1. The van der Waals surface area contributed by atoms with Gasteiger partial charge in [0.05, 0.1) is 40.1 Å². The molecule has 3 aromatic rings. The van der Waals surface area contributed by atoms with Crippen LogP contribution in [0.2, 0.25) is 0 Å². The summed E-state index contributed by atoms with van der Waals surface area (Å²) >= 11 is 1.88. The van der Waals surface area contributed by atoms with Crippen LogP contribution in [0.5, 0.6) is 11.5 Å². The first-order valence-corrected chi connectivity index (χ1v) is 12.1. The molecular formula is C24H19F3IN3O8. The summed E-state index contributed by atoms with van der Waals surface area (Å²) in [5.41, 5.74) is -1.36. The van der Waals surface area contributed by atoms with E-state index in [0.29, 0.717) is 3.57 Å². The highest BCUT2D eigenvalue weighted by molar-refractivity contribution is 14.1. The highest BCUT2D eigenvalue weighted by atomic mass is 127. The van der Waals surface area contributed by atoms with Gasteiger partial charge in [0.2, 0.25) is 6.79 Å². The molecule has 0 aromatic heterocycles. The van der Waals surface area contributed by atoms with Gasteiger partial charge in [0.15, 0.2) is 23.1 Å². The number of anilines is 2. The van der Waals surface area contributed by atoms with Crippen molar-refractivity contribution in [3.05, 3.63) is 84.7 Å². The van der Waals surface area contributed by atoms with Gasteiger partial charge in [-0.1, -0.05) is 0 Å². The van der Waals surface area contributed by atoms with Gasteiger partial charge in [-0.05, 0) is 64.1 Å². The van der Waals surface area contributed by atoms with Gasteiger partial charge in [0.1, 0.15) is 25.1 Å². The summed E-state index contributed by atoms with van der Waals surface area (Å²) in [6.07, 6.45) is -1.33. The Morgan fingerprint density at radius 1 is 1.15 bits per heavy atom. The van der Waals surface area contributed by atoms with E-state index in [9.17, 15) is 24.0 Å². The lowest BCUT2D eigenvalue weighted by Crippen LogP contribution is -2.19. The van der Waals surface area contributed by atoms with Crippen LogP contribution in [0.25, 0.3) is 0 Å². The number of nitrogens with one attached hydrogen (secondary N) is 1. The number of halogens is 4. The average molecular weight is 661 g/mol. The molecule has 0 saturated carbocycles. The van der Waals surface area contributed by atoms with Crippen molar-refractivity contribution < 1.29 is 47.4 Å². The lowest BCUT2D eigenvalue weighted by molar-refractivity contribution is -0.385. The minimum atomic E-state index is -1.40. The van der Waals surface area contributed by atoms with Gasteiger partial charge >= 0.3 is 0 Å². The fourth-order valence-electron chi connectivity index (χ4n) is 3.37. The fraction of sp³-hybridized carbons (Fsp3) is 0.208. The zero-order chi connectivity index (χ0) is 28.1. The molecule has 0 fully saturated rings. The van der Waals surface area contributed by atoms with E-state index in [-0.39, 0.29) is 40.8 Å². The van der Waals surface area contributed by atoms with Gasteiger partial charge in [0.25, 0.3) is 11.6 Å². The summed E-state index contributed by atoms with van der Waals surface area (Å²) in [4.78, 5) is 16.0. The number of aliphatic hydroxyl groups excluding tert-OH is 2. The molecule has 0 spiro atoms. The van der Waals surface area contributed by atoms with Gasteiger partial charge in [-0.25, -0.2) is 13.2 Å². The number of rotatable bonds is 10. The molecule has 3 N–H and O–H groups in total. The monoisotopic (exact) mass is 661 g/mol. The number of aliphatic hydroxyl groups is 2. The van der Waals surface area contributed by atoms with Gasteiger partial charge in [-0.3, -0.25) is 10.1 Å². The van der Waals surface area contributed by atoms with E-state index in [4.69, 9.17) is 24.2 Å². The highest BCUT2D eigenvalue weighted by Gasteiger charge is 2.26. The Bertz CT molecular complexity index is 1430. The predicted molar refractivity (Wildman–Crippen MR) is 138 cm³/mol. The molecule has 0 radical (unpaired) electrons. The molecule has 0 aliphatic carbocycles. The summed E-state index contributed by atoms with van der Waals surface area (Å²) in [5.74, 6) is -3.54. The summed E-state index contributed by atoms with van der Waals surface area (Å²) in [6, 6.07) is 8.33. The van der Waals surface area contributed by atoms with Gasteiger partial charge in [-0.15, -0.1) is 0 Å². The molecule has 206 valence electrons. The van der Waals surface area contributed by atoms with Crippen molar-refractivity contribution in [1.82, 2.24) is 0 Å². The molecule has 0 bridgehead atoms. The SMILES string of the molecule is O=[N+]([O-])c1cc2c(cc1CO/C(=N\OC[C@H](O)CO)c1ccc(F)c(F)c1Nc1ccc(I)cc1F)OCO2. The quantitative estimate of drug-likeness (QED) is 0.0951. The Hall–Kier alpha value is -3.83. The lowest BCUT2D eigenvalue weighted by atomic mass is 10.1. The van der Waals surface area contributed by atoms with Crippen molar-refractivity contribution in [1.29, 1.82) is 0 Å². The third kappa shape index (κ3) is 6.61. The maximum Gasteiger partial charge on any atom is 0.280 e. The molecule has 4 rings (SSSR count). The molecule has 3 aromatic carbocycles. The minimum Gasteiger partial charge on any atom is -0.470 e. The summed E-state index contributed by atoms with van der Waals surface area (Å²) in [7, 11) is 0. The number of hydrogen-bond acceptors (Lipinski definition) is 10.